The molecule has 0 amide bonds. The number of benzene rings is 1. The van der Waals surface area contributed by atoms with Gasteiger partial charge in [0.2, 0.25) is 0 Å². The van der Waals surface area contributed by atoms with Crippen molar-refractivity contribution in [1.29, 1.82) is 0 Å². The van der Waals surface area contributed by atoms with Gasteiger partial charge in [0, 0.05) is 10.0 Å². The van der Waals surface area contributed by atoms with Crippen LogP contribution in [0.5, 0.6) is 5.75 Å². The van der Waals surface area contributed by atoms with E-state index in [0.717, 1.165) is 35.7 Å². The van der Waals surface area contributed by atoms with Gasteiger partial charge in [0.05, 0.1) is 11.7 Å². The fourth-order valence-electron chi connectivity index (χ4n) is 2.54. The second kappa shape index (κ2) is 6.25. The normalized spacial score (nSPS) is 20.0. The van der Waals surface area contributed by atoms with Crippen molar-refractivity contribution in [2.45, 2.75) is 50.7 Å². The van der Waals surface area contributed by atoms with Crippen molar-refractivity contribution < 1.29 is 14.9 Å². The smallest absolute Gasteiger partial charge is 0.125 e. The molecule has 1 aliphatic rings. The van der Waals surface area contributed by atoms with Crippen LogP contribution < -0.4 is 4.74 Å². The van der Waals surface area contributed by atoms with E-state index in [9.17, 15) is 10.2 Å². The van der Waals surface area contributed by atoms with E-state index < -0.39 is 11.7 Å². The van der Waals surface area contributed by atoms with E-state index in [-0.39, 0.29) is 0 Å². The minimum absolute atomic E-state index is 0.300. The zero-order chi connectivity index (χ0) is 13.9. The molecule has 0 bridgehead atoms. The van der Waals surface area contributed by atoms with Crippen molar-refractivity contribution in [3.05, 3.63) is 28.2 Å². The van der Waals surface area contributed by atoms with Gasteiger partial charge in [0.15, 0.2) is 0 Å². The number of ether oxygens (including phenoxy) is 1. The van der Waals surface area contributed by atoms with Crippen molar-refractivity contribution in [1.82, 2.24) is 0 Å². The molecule has 0 spiro atoms. The maximum atomic E-state index is 10.4. The molecule has 0 heterocycles. The Labute approximate surface area is 122 Å². The zero-order valence-electron chi connectivity index (χ0n) is 11.2. The van der Waals surface area contributed by atoms with E-state index in [1.54, 1.807) is 6.92 Å². The molecule has 1 aliphatic carbocycles. The van der Waals surface area contributed by atoms with Gasteiger partial charge in [-0.1, -0.05) is 35.2 Å². The van der Waals surface area contributed by atoms with E-state index in [1.165, 1.54) is 6.42 Å². The van der Waals surface area contributed by atoms with Crippen LogP contribution >= 0.6 is 15.9 Å². The van der Waals surface area contributed by atoms with E-state index in [0.29, 0.717) is 12.4 Å². The van der Waals surface area contributed by atoms with Crippen LogP contribution in [0.15, 0.2) is 22.7 Å². The van der Waals surface area contributed by atoms with Gasteiger partial charge in [-0.15, -0.1) is 0 Å². The molecule has 3 nitrogen and oxygen atoms in total. The molecule has 19 heavy (non-hydrogen) atoms. The van der Waals surface area contributed by atoms with Crippen LogP contribution in [-0.2, 0) is 0 Å². The van der Waals surface area contributed by atoms with Crippen LogP contribution in [0.3, 0.4) is 0 Å². The first-order valence-electron chi connectivity index (χ1n) is 6.83. The Morgan fingerprint density at radius 1 is 1.32 bits per heavy atom. The first-order valence-corrected chi connectivity index (χ1v) is 7.62. The summed E-state index contributed by atoms with van der Waals surface area (Å²) in [5.74, 6) is 0.650. The fourth-order valence-corrected chi connectivity index (χ4v) is 2.92. The Morgan fingerprint density at radius 2 is 2.00 bits per heavy atom. The van der Waals surface area contributed by atoms with Gasteiger partial charge < -0.3 is 14.9 Å². The summed E-state index contributed by atoms with van der Waals surface area (Å²) >= 11 is 3.39. The third-order valence-electron chi connectivity index (χ3n) is 3.70. The zero-order valence-corrected chi connectivity index (χ0v) is 12.8. The predicted molar refractivity (Wildman–Crippen MR) is 78.3 cm³/mol. The molecule has 2 N–H and O–H groups in total. The summed E-state index contributed by atoms with van der Waals surface area (Å²) < 4.78 is 6.67. The van der Waals surface area contributed by atoms with Crippen LogP contribution in [0.2, 0.25) is 0 Å². The third-order valence-corrected chi connectivity index (χ3v) is 4.20. The summed E-state index contributed by atoms with van der Waals surface area (Å²) in [5.41, 5.74) is 0.0372. The van der Waals surface area contributed by atoms with Crippen molar-refractivity contribution in [2.75, 3.05) is 6.61 Å². The summed E-state index contributed by atoms with van der Waals surface area (Å²) in [6.45, 7) is 2.01. The molecule has 0 unspecified atom stereocenters. The highest BCUT2D eigenvalue weighted by molar-refractivity contribution is 9.10. The van der Waals surface area contributed by atoms with Gasteiger partial charge in [0.1, 0.15) is 12.4 Å². The molecule has 1 fully saturated rings. The summed E-state index contributed by atoms with van der Waals surface area (Å²) in [7, 11) is 0. The summed E-state index contributed by atoms with van der Waals surface area (Å²) in [6, 6.07) is 5.56. The lowest BCUT2D eigenvalue weighted by Crippen LogP contribution is -2.38. The molecular formula is C15H21BrO3. The number of hydrogen-bond donors (Lipinski definition) is 2. The minimum Gasteiger partial charge on any atom is -0.490 e. The molecule has 0 saturated heterocycles. The van der Waals surface area contributed by atoms with Gasteiger partial charge in [-0.25, -0.2) is 0 Å². The molecule has 1 saturated carbocycles. The van der Waals surface area contributed by atoms with Gasteiger partial charge in [-0.05, 0) is 38.0 Å². The van der Waals surface area contributed by atoms with Crippen LogP contribution in [-0.4, -0.2) is 22.4 Å². The average molecular weight is 329 g/mol. The molecule has 0 aliphatic heterocycles. The number of aliphatic hydroxyl groups is 2. The van der Waals surface area contributed by atoms with Gasteiger partial charge in [-0.2, -0.15) is 0 Å². The lowest BCUT2D eigenvalue weighted by Gasteiger charge is -2.32. The molecule has 0 aromatic heterocycles. The van der Waals surface area contributed by atoms with Crippen LogP contribution in [0, 0.1) is 0 Å². The molecule has 1 atom stereocenters. The summed E-state index contributed by atoms with van der Waals surface area (Å²) in [4.78, 5) is 0. The molecular weight excluding hydrogens is 308 g/mol. The highest BCUT2D eigenvalue weighted by atomic mass is 79.9. The first kappa shape index (κ1) is 14.8. The quantitative estimate of drug-likeness (QED) is 0.888. The van der Waals surface area contributed by atoms with Crippen molar-refractivity contribution in [2.24, 2.45) is 0 Å². The van der Waals surface area contributed by atoms with E-state index in [4.69, 9.17) is 4.74 Å². The Hall–Kier alpha value is -0.580. The maximum Gasteiger partial charge on any atom is 0.125 e. The van der Waals surface area contributed by atoms with Gasteiger partial charge >= 0.3 is 0 Å². The Bertz CT molecular complexity index is 425. The number of aliphatic hydroxyl groups excluding tert-OH is 1. The van der Waals surface area contributed by atoms with Crippen molar-refractivity contribution in [3.63, 3.8) is 0 Å². The molecule has 1 aromatic rings. The summed E-state index contributed by atoms with van der Waals surface area (Å²) in [5, 5.41) is 20.2. The predicted octanol–water partition coefficient (Wildman–Crippen LogP) is 3.58. The second-order valence-corrected chi connectivity index (χ2v) is 6.35. The Kier molecular flexibility index (Phi) is 4.87. The van der Waals surface area contributed by atoms with Gasteiger partial charge in [0.25, 0.3) is 0 Å². The highest BCUT2D eigenvalue weighted by Crippen LogP contribution is 2.32. The van der Waals surface area contributed by atoms with Gasteiger partial charge in [-0.3, -0.25) is 0 Å². The Balaban J connectivity index is 2.06. The third kappa shape index (κ3) is 3.94. The van der Waals surface area contributed by atoms with Crippen molar-refractivity contribution in [3.8, 4) is 5.75 Å². The monoisotopic (exact) mass is 328 g/mol. The number of hydrogen-bond acceptors (Lipinski definition) is 3. The topological polar surface area (TPSA) is 49.7 Å². The van der Waals surface area contributed by atoms with Crippen molar-refractivity contribution >= 4 is 15.9 Å². The van der Waals surface area contributed by atoms with Crippen LogP contribution in [0.1, 0.15) is 50.7 Å². The number of halogens is 1. The molecule has 106 valence electrons. The average Bonchev–Trinajstić information content (AvgIpc) is 2.38. The van der Waals surface area contributed by atoms with E-state index in [2.05, 4.69) is 15.9 Å². The fraction of sp³-hybridized carbons (Fsp3) is 0.600. The molecule has 1 aromatic carbocycles. The summed E-state index contributed by atoms with van der Waals surface area (Å²) in [6.07, 6.45) is 4.32. The lowest BCUT2D eigenvalue weighted by atomic mass is 9.85. The van der Waals surface area contributed by atoms with E-state index in [1.807, 2.05) is 18.2 Å². The lowest BCUT2D eigenvalue weighted by molar-refractivity contribution is -0.0345. The Morgan fingerprint density at radius 3 is 2.63 bits per heavy atom. The highest BCUT2D eigenvalue weighted by Gasteiger charge is 2.30. The maximum absolute atomic E-state index is 10.4. The minimum atomic E-state index is -0.707. The van der Waals surface area contributed by atoms with E-state index >= 15 is 0 Å². The largest absolute Gasteiger partial charge is 0.490 e. The molecule has 2 rings (SSSR count). The SMILES string of the molecule is C[C@H](O)c1cc(Br)ccc1OCC1(O)CCCCC1. The van der Waals surface area contributed by atoms with Crippen LogP contribution in [0.25, 0.3) is 0 Å². The number of rotatable bonds is 4. The first-order chi connectivity index (χ1) is 9.00. The second-order valence-electron chi connectivity index (χ2n) is 5.43. The van der Waals surface area contributed by atoms with Crippen LogP contribution in [0.4, 0.5) is 0 Å². The standard InChI is InChI=1S/C15H21BrO3/c1-11(17)13-9-12(16)5-6-14(13)19-10-15(18)7-3-2-4-8-15/h5-6,9,11,17-18H,2-4,7-8,10H2,1H3/t11-/m0/s1. The molecule has 4 heteroatoms. The molecule has 0 radical (unpaired) electrons.